The number of urea groups is 1. The third kappa shape index (κ3) is 3.85. The summed E-state index contributed by atoms with van der Waals surface area (Å²) in [4.78, 5) is 37.8. The van der Waals surface area contributed by atoms with Crippen LogP contribution in [0.2, 0.25) is 0 Å². The highest BCUT2D eigenvalue weighted by atomic mass is 19.2. The van der Waals surface area contributed by atoms with Crippen molar-refractivity contribution in [3.8, 4) is 0 Å². The molecule has 1 fully saturated rings. The van der Waals surface area contributed by atoms with E-state index >= 15 is 0 Å². The maximum Gasteiger partial charge on any atom is 0.325 e. The molecule has 1 heterocycles. The highest BCUT2D eigenvalue weighted by Gasteiger charge is 2.49. The Morgan fingerprint density at radius 1 is 1.11 bits per heavy atom. The molecule has 1 atom stereocenters. The molecule has 146 valence electrons. The highest BCUT2D eigenvalue weighted by molar-refractivity contribution is 6.09. The average molecular weight is 387 g/mol. The molecule has 1 aliphatic rings. The molecule has 0 spiro atoms. The summed E-state index contributed by atoms with van der Waals surface area (Å²) in [6, 6.07) is 11.7. The van der Waals surface area contributed by atoms with Gasteiger partial charge in [-0.15, -0.1) is 0 Å². The van der Waals surface area contributed by atoms with Gasteiger partial charge < -0.3 is 10.6 Å². The van der Waals surface area contributed by atoms with Gasteiger partial charge in [0.15, 0.2) is 11.6 Å². The zero-order valence-corrected chi connectivity index (χ0v) is 15.2. The minimum absolute atomic E-state index is 0.0942. The van der Waals surface area contributed by atoms with Crippen LogP contribution < -0.4 is 10.6 Å². The van der Waals surface area contributed by atoms with Crippen LogP contribution in [0.1, 0.15) is 18.1 Å². The molecule has 2 aromatic carbocycles. The fourth-order valence-electron chi connectivity index (χ4n) is 3.03. The van der Waals surface area contributed by atoms with Gasteiger partial charge in [0.05, 0.1) is 0 Å². The third-order valence-corrected chi connectivity index (χ3v) is 4.65. The number of imide groups is 1. The van der Waals surface area contributed by atoms with Gasteiger partial charge in [-0.1, -0.05) is 36.4 Å². The zero-order chi connectivity index (χ0) is 20.3. The van der Waals surface area contributed by atoms with Gasteiger partial charge in [-0.3, -0.25) is 14.5 Å². The van der Waals surface area contributed by atoms with E-state index in [-0.39, 0.29) is 5.56 Å². The molecule has 1 saturated heterocycles. The quantitative estimate of drug-likeness (QED) is 0.745. The number of rotatable bonds is 6. The zero-order valence-electron chi connectivity index (χ0n) is 15.2. The van der Waals surface area contributed by atoms with E-state index in [4.69, 9.17) is 0 Å². The molecule has 6 nitrogen and oxygen atoms in total. The van der Waals surface area contributed by atoms with Crippen molar-refractivity contribution in [2.45, 2.75) is 18.9 Å². The van der Waals surface area contributed by atoms with Crippen molar-refractivity contribution in [3.05, 3.63) is 71.3 Å². The molecule has 0 radical (unpaired) electrons. The molecule has 4 amide bonds. The number of nitrogens with zero attached hydrogens (tertiary/aromatic N) is 1. The summed E-state index contributed by atoms with van der Waals surface area (Å²) in [6.45, 7) is 1.28. The Kier molecular flexibility index (Phi) is 5.39. The lowest BCUT2D eigenvalue weighted by Gasteiger charge is -2.22. The third-order valence-electron chi connectivity index (χ3n) is 4.65. The first-order chi connectivity index (χ1) is 13.3. The first-order valence-corrected chi connectivity index (χ1v) is 8.71. The van der Waals surface area contributed by atoms with Crippen LogP contribution in [0.4, 0.5) is 13.6 Å². The smallest absolute Gasteiger partial charge is 0.325 e. The summed E-state index contributed by atoms with van der Waals surface area (Å²) >= 11 is 0. The first kappa shape index (κ1) is 19.5. The average Bonchev–Trinajstić information content (AvgIpc) is 2.89. The molecular weight excluding hydrogens is 368 g/mol. The molecule has 1 unspecified atom stereocenters. The van der Waals surface area contributed by atoms with E-state index in [9.17, 15) is 23.2 Å². The minimum Gasteiger partial charge on any atom is -0.354 e. The Bertz CT molecular complexity index is 920. The number of hydrogen-bond donors (Lipinski definition) is 2. The molecule has 3 rings (SSSR count). The number of nitrogens with one attached hydrogen (secondary N) is 2. The van der Waals surface area contributed by atoms with Crippen molar-refractivity contribution >= 4 is 17.8 Å². The molecule has 0 bridgehead atoms. The molecular formula is C20H19F2N3O3. The van der Waals surface area contributed by atoms with Crippen LogP contribution in [-0.4, -0.2) is 35.8 Å². The lowest BCUT2D eigenvalue weighted by atomic mass is 9.92. The van der Waals surface area contributed by atoms with E-state index < -0.39 is 41.6 Å². The highest BCUT2D eigenvalue weighted by Crippen LogP contribution is 2.29. The van der Waals surface area contributed by atoms with Crippen LogP contribution in [0, 0.1) is 11.6 Å². The molecule has 0 saturated carbocycles. The molecule has 8 heteroatoms. The number of halogens is 2. The second kappa shape index (κ2) is 7.75. The summed E-state index contributed by atoms with van der Waals surface area (Å²) in [5.41, 5.74) is -0.434. The molecule has 0 aromatic heterocycles. The Morgan fingerprint density at radius 3 is 2.50 bits per heavy atom. The van der Waals surface area contributed by atoms with Crippen molar-refractivity contribution < 1.29 is 23.2 Å². The van der Waals surface area contributed by atoms with Crippen molar-refractivity contribution in [2.75, 3.05) is 13.1 Å². The van der Waals surface area contributed by atoms with E-state index in [1.165, 1.54) is 13.0 Å². The molecule has 2 aromatic rings. The van der Waals surface area contributed by atoms with E-state index in [0.717, 1.165) is 22.6 Å². The summed E-state index contributed by atoms with van der Waals surface area (Å²) in [6.07, 6.45) is 0.610. The normalized spacial score (nSPS) is 18.9. The Balaban J connectivity index is 1.63. The van der Waals surface area contributed by atoms with Crippen molar-refractivity contribution in [2.24, 2.45) is 0 Å². The second-order valence-corrected chi connectivity index (χ2v) is 6.66. The van der Waals surface area contributed by atoms with Crippen LogP contribution in [-0.2, 0) is 21.5 Å². The lowest BCUT2D eigenvalue weighted by molar-refractivity contribution is -0.134. The number of amides is 4. The Morgan fingerprint density at radius 2 is 1.82 bits per heavy atom. The number of carbonyl (C=O) groups excluding carboxylic acids is 3. The van der Waals surface area contributed by atoms with Crippen molar-refractivity contribution in [3.63, 3.8) is 0 Å². The van der Waals surface area contributed by atoms with Crippen molar-refractivity contribution in [1.82, 2.24) is 15.5 Å². The van der Waals surface area contributed by atoms with E-state index in [2.05, 4.69) is 10.6 Å². The molecule has 2 N–H and O–H groups in total. The van der Waals surface area contributed by atoms with Gasteiger partial charge in [-0.05, 0) is 36.6 Å². The summed E-state index contributed by atoms with van der Waals surface area (Å²) in [5, 5.41) is 5.11. The van der Waals surface area contributed by atoms with Gasteiger partial charge in [0.2, 0.25) is 5.91 Å². The van der Waals surface area contributed by atoms with Crippen LogP contribution in [0.15, 0.2) is 48.5 Å². The summed E-state index contributed by atoms with van der Waals surface area (Å²) in [7, 11) is 0. The maximum atomic E-state index is 13.5. The minimum atomic E-state index is -1.57. The number of carbonyl (C=O) groups is 3. The fraction of sp³-hybridized carbons (Fsp3) is 0.250. The van der Waals surface area contributed by atoms with Crippen LogP contribution in [0.25, 0.3) is 0 Å². The summed E-state index contributed by atoms with van der Waals surface area (Å²) in [5.74, 6) is -3.38. The SMILES string of the molecule is CC1(c2ccc(F)c(F)c2)NC(=O)N(CC(=O)NCCc2ccccc2)C1=O. The maximum absolute atomic E-state index is 13.5. The van der Waals surface area contributed by atoms with Gasteiger partial charge in [0.1, 0.15) is 12.1 Å². The van der Waals surface area contributed by atoms with Gasteiger partial charge in [-0.25, -0.2) is 13.6 Å². The van der Waals surface area contributed by atoms with E-state index in [1.54, 1.807) is 0 Å². The Labute approximate surface area is 160 Å². The number of benzene rings is 2. The van der Waals surface area contributed by atoms with E-state index in [0.29, 0.717) is 13.0 Å². The van der Waals surface area contributed by atoms with Crippen LogP contribution >= 0.6 is 0 Å². The van der Waals surface area contributed by atoms with Gasteiger partial charge >= 0.3 is 6.03 Å². The monoisotopic (exact) mass is 387 g/mol. The van der Waals surface area contributed by atoms with Gasteiger partial charge in [0.25, 0.3) is 5.91 Å². The Hall–Kier alpha value is -3.29. The second-order valence-electron chi connectivity index (χ2n) is 6.66. The van der Waals surface area contributed by atoms with Crippen LogP contribution in [0.5, 0.6) is 0 Å². The van der Waals surface area contributed by atoms with Gasteiger partial charge in [-0.2, -0.15) is 0 Å². The van der Waals surface area contributed by atoms with Crippen molar-refractivity contribution in [1.29, 1.82) is 0 Å². The largest absolute Gasteiger partial charge is 0.354 e. The molecule has 1 aliphatic heterocycles. The van der Waals surface area contributed by atoms with Crippen LogP contribution in [0.3, 0.4) is 0 Å². The standard InChI is InChI=1S/C20H19F2N3O3/c1-20(14-7-8-15(21)16(22)11-14)18(27)25(19(28)24-20)12-17(26)23-10-9-13-5-3-2-4-6-13/h2-8,11H,9-10,12H2,1H3,(H,23,26)(H,24,28). The topological polar surface area (TPSA) is 78.5 Å². The lowest BCUT2D eigenvalue weighted by Crippen LogP contribution is -2.43. The van der Waals surface area contributed by atoms with E-state index in [1.807, 2.05) is 30.3 Å². The predicted octanol–water partition coefficient (Wildman–Crippen LogP) is 2.09. The molecule has 0 aliphatic carbocycles. The number of hydrogen-bond acceptors (Lipinski definition) is 3. The fourth-order valence-corrected chi connectivity index (χ4v) is 3.03. The predicted molar refractivity (Wildman–Crippen MR) is 97.1 cm³/mol. The first-order valence-electron chi connectivity index (χ1n) is 8.71. The van der Waals surface area contributed by atoms with Gasteiger partial charge in [0, 0.05) is 6.54 Å². The summed E-state index contributed by atoms with van der Waals surface area (Å²) < 4.78 is 26.7. The molecule has 28 heavy (non-hydrogen) atoms.